The van der Waals surface area contributed by atoms with E-state index in [1.165, 1.54) is 19.2 Å². The van der Waals surface area contributed by atoms with Gasteiger partial charge in [0.15, 0.2) is 11.5 Å². The molecule has 3 aromatic carbocycles. The molecule has 1 aliphatic rings. The number of ether oxygens (including phenoxy) is 2. The summed E-state index contributed by atoms with van der Waals surface area (Å²) in [5.41, 5.74) is 3.12. The number of hydrogen-bond donors (Lipinski definition) is 0. The van der Waals surface area contributed by atoms with E-state index in [0.717, 1.165) is 11.1 Å². The van der Waals surface area contributed by atoms with Crippen molar-refractivity contribution in [3.8, 4) is 11.5 Å². The highest BCUT2D eigenvalue weighted by Gasteiger charge is 2.27. The molecular formula is C24H17BrFNO4. The molecule has 0 amide bonds. The van der Waals surface area contributed by atoms with E-state index in [9.17, 15) is 9.18 Å². The highest BCUT2D eigenvalue weighted by atomic mass is 79.9. The minimum atomic E-state index is -0.523. The normalized spacial score (nSPS) is 14.4. The van der Waals surface area contributed by atoms with Gasteiger partial charge in [-0.2, -0.15) is 0 Å². The second-order valence-corrected chi connectivity index (χ2v) is 7.55. The van der Waals surface area contributed by atoms with E-state index in [1.807, 2.05) is 36.4 Å². The fraction of sp³-hybridized carbons (Fsp3) is 0.0833. The van der Waals surface area contributed by atoms with Crippen molar-refractivity contribution >= 4 is 33.7 Å². The van der Waals surface area contributed by atoms with Crippen molar-refractivity contribution in [2.24, 2.45) is 5.16 Å². The predicted octanol–water partition coefficient (Wildman–Crippen LogP) is 5.52. The number of halogens is 2. The van der Waals surface area contributed by atoms with Gasteiger partial charge in [0, 0.05) is 5.56 Å². The first-order chi connectivity index (χ1) is 15.0. The molecule has 5 nitrogen and oxygen atoms in total. The van der Waals surface area contributed by atoms with Crippen molar-refractivity contribution in [3.63, 3.8) is 0 Å². The van der Waals surface area contributed by atoms with Crippen LogP contribution in [0, 0.1) is 5.82 Å². The number of methoxy groups -OCH3 is 1. The average molecular weight is 482 g/mol. The smallest absolute Gasteiger partial charge is 0.368 e. The number of oxime groups is 1. The summed E-state index contributed by atoms with van der Waals surface area (Å²) in [6.45, 7) is 0.243. The van der Waals surface area contributed by atoms with Crippen LogP contribution >= 0.6 is 15.9 Å². The third kappa shape index (κ3) is 4.67. The van der Waals surface area contributed by atoms with Crippen LogP contribution in [0.5, 0.6) is 11.5 Å². The predicted molar refractivity (Wildman–Crippen MR) is 118 cm³/mol. The summed E-state index contributed by atoms with van der Waals surface area (Å²) in [4.78, 5) is 17.2. The highest BCUT2D eigenvalue weighted by Crippen LogP contribution is 2.38. The van der Waals surface area contributed by atoms with E-state index in [0.29, 0.717) is 32.8 Å². The molecule has 0 saturated heterocycles. The van der Waals surface area contributed by atoms with Crippen LogP contribution in [0.4, 0.5) is 4.39 Å². The van der Waals surface area contributed by atoms with E-state index in [2.05, 4.69) is 21.1 Å². The Labute approximate surface area is 186 Å². The van der Waals surface area contributed by atoms with Crippen LogP contribution in [0.2, 0.25) is 0 Å². The molecule has 7 heteroatoms. The fourth-order valence-corrected chi connectivity index (χ4v) is 3.65. The zero-order valence-corrected chi connectivity index (χ0v) is 18.1. The van der Waals surface area contributed by atoms with Crippen molar-refractivity contribution < 1.29 is 23.5 Å². The topological polar surface area (TPSA) is 57.1 Å². The van der Waals surface area contributed by atoms with Crippen molar-refractivity contribution in [2.75, 3.05) is 7.11 Å². The number of rotatable bonds is 6. The van der Waals surface area contributed by atoms with E-state index < -0.39 is 5.97 Å². The van der Waals surface area contributed by atoms with Crippen molar-refractivity contribution in [3.05, 3.63) is 99.3 Å². The summed E-state index contributed by atoms with van der Waals surface area (Å²) in [5, 5.41) is 3.92. The maximum Gasteiger partial charge on any atom is 0.368 e. The van der Waals surface area contributed by atoms with Gasteiger partial charge in [0.05, 0.1) is 17.2 Å². The molecule has 0 N–H and O–H groups in total. The standard InChI is InChI=1S/C24H17BrFNO4/c1-29-21-13-16(11-19-22(27-31-24(19)28)17-5-3-2-4-6-17)12-20(25)23(21)30-14-15-7-9-18(26)10-8-15/h2-13H,14H2,1H3/b19-11-. The first kappa shape index (κ1) is 20.8. The third-order valence-electron chi connectivity index (χ3n) is 4.60. The van der Waals surface area contributed by atoms with Gasteiger partial charge in [-0.3, -0.25) is 0 Å². The number of hydrogen-bond acceptors (Lipinski definition) is 5. The number of carbonyl (C=O) groups is 1. The van der Waals surface area contributed by atoms with Gasteiger partial charge in [0.25, 0.3) is 0 Å². The lowest BCUT2D eigenvalue weighted by Crippen LogP contribution is -2.06. The SMILES string of the molecule is COc1cc(/C=C2\C(=O)ON=C2c2ccccc2)cc(Br)c1OCc1ccc(F)cc1. The zero-order chi connectivity index (χ0) is 21.8. The lowest BCUT2D eigenvalue weighted by Gasteiger charge is -2.14. The molecule has 4 rings (SSSR count). The van der Waals surface area contributed by atoms with E-state index in [-0.39, 0.29) is 12.4 Å². The van der Waals surface area contributed by atoms with Gasteiger partial charge in [-0.05, 0) is 57.4 Å². The van der Waals surface area contributed by atoms with Crippen LogP contribution in [-0.4, -0.2) is 18.8 Å². The van der Waals surface area contributed by atoms with Gasteiger partial charge in [0.2, 0.25) is 0 Å². The molecule has 0 atom stereocenters. The number of carbonyl (C=O) groups excluding carboxylic acids is 1. The summed E-state index contributed by atoms with van der Waals surface area (Å²) in [6, 6.07) is 19.0. The molecule has 3 aromatic rings. The largest absolute Gasteiger partial charge is 0.493 e. The van der Waals surface area contributed by atoms with Gasteiger partial charge in [-0.15, -0.1) is 0 Å². The van der Waals surface area contributed by atoms with Crippen molar-refractivity contribution in [2.45, 2.75) is 6.61 Å². The Hall–Kier alpha value is -3.45. The molecule has 0 aliphatic carbocycles. The summed E-state index contributed by atoms with van der Waals surface area (Å²) in [6.07, 6.45) is 1.69. The lowest BCUT2D eigenvalue weighted by atomic mass is 10.0. The van der Waals surface area contributed by atoms with Crippen molar-refractivity contribution in [1.82, 2.24) is 0 Å². The highest BCUT2D eigenvalue weighted by molar-refractivity contribution is 9.10. The molecular weight excluding hydrogens is 465 g/mol. The van der Waals surface area contributed by atoms with Gasteiger partial charge >= 0.3 is 5.97 Å². The minimum absolute atomic E-state index is 0.243. The Bertz CT molecular complexity index is 1170. The molecule has 156 valence electrons. The monoisotopic (exact) mass is 481 g/mol. The summed E-state index contributed by atoms with van der Waals surface area (Å²) in [7, 11) is 1.53. The average Bonchev–Trinajstić information content (AvgIpc) is 3.14. The van der Waals surface area contributed by atoms with Crippen LogP contribution in [0.15, 0.2) is 81.9 Å². The molecule has 1 aliphatic heterocycles. The van der Waals surface area contributed by atoms with Gasteiger partial charge in [0.1, 0.15) is 18.1 Å². The van der Waals surface area contributed by atoms with Crippen LogP contribution in [0.1, 0.15) is 16.7 Å². The first-order valence-corrected chi connectivity index (χ1v) is 10.2. The van der Waals surface area contributed by atoms with Crippen molar-refractivity contribution in [1.29, 1.82) is 0 Å². The molecule has 0 radical (unpaired) electrons. The summed E-state index contributed by atoms with van der Waals surface area (Å²) >= 11 is 3.51. The number of nitrogens with zero attached hydrogens (tertiary/aromatic N) is 1. The number of benzene rings is 3. The van der Waals surface area contributed by atoms with Crippen LogP contribution < -0.4 is 9.47 Å². The fourth-order valence-electron chi connectivity index (χ4n) is 3.08. The van der Waals surface area contributed by atoms with Crippen LogP contribution in [-0.2, 0) is 16.2 Å². The molecule has 0 saturated carbocycles. The Morgan fingerprint density at radius 1 is 1.10 bits per heavy atom. The van der Waals surface area contributed by atoms with Gasteiger partial charge < -0.3 is 14.3 Å². The third-order valence-corrected chi connectivity index (χ3v) is 5.19. The first-order valence-electron chi connectivity index (χ1n) is 9.37. The Morgan fingerprint density at radius 3 is 2.55 bits per heavy atom. The summed E-state index contributed by atoms with van der Waals surface area (Å²) in [5.74, 6) is 0.155. The molecule has 1 heterocycles. The second kappa shape index (κ2) is 9.14. The zero-order valence-electron chi connectivity index (χ0n) is 16.5. The van der Waals surface area contributed by atoms with E-state index >= 15 is 0 Å². The molecule has 0 unspecified atom stereocenters. The second-order valence-electron chi connectivity index (χ2n) is 6.69. The molecule has 0 bridgehead atoms. The summed E-state index contributed by atoms with van der Waals surface area (Å²) < 4.78 is 25.1. The van der Waals surface area contributed by atoms with Crippen LogP contribution in [0.3, 0.4) is 0 Å². The molecule has 0 fully saturated rings. The Morgan fingerprint density at radius 2 is 1.84 bits per heavy atom. The molecule has 31 heavy (non-hydrogen) atoms. The van der Waals surface area contributed by atoms with E-state index in [1.54, 1.807) is 24.3 Å². The van der Waals surface area contributed by atoms with Crippen LogP contribution in [0.25, 0.3) is 6.08 Å². The van der Waals surface area contributed by atoms with Gasteiger partial charge in [-0.25, -0.2) is 9.18 Å². The maximum absolute atomic E-state index is 13.1. The Kier molecular flexibility index (Phi) is 6.13. The lowest BCUT2D eigenvalue weighted by molar-refractivity contribution is -0.136. The van der Waals surface area contributed by atoms with Gasteiger partial charge in [-0.1, -0.05) is 47.6 Å². The van der Waals surface area contributed by atoms with E-state index in [4.69, 9.17) is 14.3 Å². The Balaban J connectivity index is 1.62. The molecule has 0 aromatic heterocycles. The minimum Gasteiger partial charge on any atom is -0.493 e. The molecule has 0 spiro atoms. The maximum atomic E-state index is 13.1. The quantitative estimate of drug-likeness (QED) is 0.343.